The van der Waals surface area contributed by atoms with Crippen LogP contribution in [-0.2, 0) is 4.79 Å². The minimum absolute atomic E-state index is 0.132. The number of nitrogens with one attached hydrogen (secondary N) is 1. The molecule has 1 amide bonds. The number of amides is 1. The van der Waals surface area contributed by atoms with Gasteiger partial charge in [-0.25, -0.2) is 0 Å². The molecule has 0 aromatic heterocycles. The third-order valence-corrected chi connectivity index (χ3v) is 2.80. The maximum atomic E-state index is 11.6. The van der Waals surface area contributed by atoms with Crippen molar-refractivity contribution in [2.75, 3.05) is 26.7 Å². The maximum absolute atomic E-state index is 11.6. The maximum Gasteiger partial charge on any atom is 0.236 e. The highest BCUT2D eigenvalue weighted by Gasteiger charge is 2.29. The molecular weight excluding hydrogens is 192 g/mol. The molecule has 15 heavy (non-hydrogen) atoms. The molecule has 4 heteroatoms. The van der Waals surface area contributed by atoms with E-state index < -0.39 is 0 Å². The summed E-state index contributed by atoms with van der Waals surface area (Å²) in [6.45, 7) is 5.10. The van der Waals surface area contributed by atoms with Crippen molar-refractivity contribution in [1.29, 1.82) is 0 Å². The summed E-state index contributed by atoms with van der Waals surface area (Å²) < 4.78 is 0. The zero-order chi connectivity index (χ0) is 11.5. The van der Waals surface area contributed by atoms with E-state index in [1.165, 1.54) is 0 Å². The highest BCUT2D eigenvalue weighted by molar-refractivity contribution is 5.78. The molecule has 1 rings (SSSR count). The van der Waals surface area contributed by atoms with E-state index in [2.05, 4.69) is 5.32 Å². The van der Waals surface area contributed by atoms with Gasteiger partial charge in [0.05, 0.1) is 6.54 Å². The number of aliphatic hydroxyl groups is 1. The number of carbonyl (C=O) groups is 1. The van der Waals surface area contributed by atoms with E-state index in [0.29, 0.717) is 19.1 Å². The standard InChI is InChI=1S/C11H22N2O2/c1-11(2,8-14)7-12-6-10(15)13(3)9-4-5-9/h9,12,14H,4-8H2,1-3H3. The molecule has 1 fully saturated rings. The van der Waals surface area contributed by atoms with Crippen LogP contribution in [0.1, 0.15) is 26.7 Å². The van der Waals surface area contributed by atoms with Crippen molar-refractivity contribution in [3.63, 3.8) is 0 Å². The normalized spacial score (nSPS) is 16.5. The summed E-state index contributed by atoms with van der Waals surface area (Å²) in [5.74, 6) is 0.145. The van der Waals surface area contributed by atoms with Gasteiger partial charge >= 0.3 is 0 Å². The van der Waals surface area contributed by atoms with E-state index in [4.69, 9.17) is 5.11 Å². The molecule has 1 aliphatic carbocycles. The average molecular weight is 214 g/mol. The van der Waals surface area contributed by atoms with Crippen molar-refractivity contribution in [3.8, 4) is 0 Å². The number of rotatable bonds is 6. The monoisotopic (exact) mass is 214 g/mol. The topological polar surface area (TPSA) is 52.6 Å². The van der Waals surface area contributed by atoms with Gasteiger partial charge in [0.15, 0.2) is 0 Å². The Kier molecular flexibility index (Phi) is 4.11. The van der Waals surface area contributed by atoms with Crippen molar-refractivity contribution in [2.24, 2.45) is 5.41 Å². The second-order valence-corrected chi connectivity index (χ2v) is 5.16. The molecule has 0 bridgehead atoms. The number of nitrogens with zero attached hydrogens (tertiary/aromatic N) is 1. The first-order valence-electron chi connectivity index (χ1n) is 5.53. The zero-order valence-electron chi connectivity index (χ0n) is 9.92. The highest BCUT2D eigenvalue weighted by atomic mass is 16.3. The van der Waals surface area contributed by atoms with Gasteiger partial charge in [0, 0.05) is 31.7 Å². The largest absolute Gasteiger partial charge is 0.396 e. The summed E-state index contributed by atoms with van der Waals surface area (Å²) in [4.78, 5) is 13.4. The SMILES string of the molecule is CN(C(=O)CNCC(C)(C)CO)C1CC1. The van der Waals surface area contributed by atoms with Crippen LogP contribution in [0.5, 0.6) is 0 Å². The first kappa shape index (κ1) is 12.5. The fourth-order valence-electron chi connectivity index (χ4n) is 1.35. The highest BCUT2D eigenvalue weighted by Crippen LogP contribution is 2.25. The molecule has 0 aromatic rings. The summed E-state index contributed by atoms with van der Waals surface area (Å²) in [6, 6.07) is 0.477. The molecule has 2 N–H and O–H groups in total. The van der Waals surface area contributed by atoms with Crippen LogP contribution in [0.25, 0.3) is 0 Å². The molecule has 1 aliphatic rings. The number of aliphatic hydroxyl groups excluding tert-OH is 1. The molecule has 0 radical (unpaired) electrons. The van der Waals surface area contributed by atoms with E-state index in [1.54, 1.807) is 0 Å². The van der Waals surface area contributed by atoms with Crippen molar-refractivity contribution in [3.05, 3.63) is 0 Å². The van der Waals surface area contributed by atoms with Gasteiger partial charge in [-0.15, -0.1) is 0 Å². The molecule has 1 saturated carbocycles. The van der Waals surface area contributed by atoms with Crippen molar-refractivity contribution in [2.45, 2.75) is 32.7 Å². The van der Waals surface area contributed by atoms with E-state index in [1.807, 2.05) is 25.8 Å². The Morgan fingerprint density at radius 2 is 2.13 bits per heavy atom. The Labute approximate surface area is 91.6 Å². The predicted octanol–water partition coefficient (Wildman–Crippen LogP) is 0.215. The van der Waals surface area contributed by atoms with Gasteiger partial charge in [-0.2, -0.15) is 0 Å². The van der Waals surface area contributed by atoms with E-state index >= 15 is 0 Å². The summed E-state index contributed by atoms with van der Waals surface area (Å²) in [5, 5.41) is 12.1. The smallest absolute Gasteiger partial charge is 0.236 e. The van der Waals surface area contributed by atoms with Gasteiger partial charge in [0.1, 0.15) is 0 Å². The van der Waals surface area contributed by atoms with Crippen LogP contribution >= 0.6 is 0 Å². The summed E-state index contributed by atoms with van der Waals surface area (Å²) >= 11 is 0. The third kappa shape index (κ3) is 4.18. The van der Waals surface area contributed by atoms with Crippen LogP contribution in [-0.4, -0.2) is 48.7 Å². The minimum atomic E-state index is -0.154. The molecule has 0 unspecified atom stereocenters. The molecule has 0 aliphatic heterocycles. The second kappa shape index (κ2) is 4.94. The van der Waals surface area contributed by atoms with Crippen LogP contribution in [0, 0.1) is 5.41 Å². The summed E-state index contributed by atoms with van der Waals surface area (Å²) in [7, 11) is 1.86. The molecule has 0 aromatic carbocycles. The van der Waals surface area contributed by atoms with Gasteiger partial charge in [-0.05, 0) is 12.8 Å². The quantitative estimate of drug-likeness (QED) is 0.665. The lowest BCUT2D eigenvalue weighted by Gasteiger charge is -2.23. The lowest BCUT2D eigenvalue weighted by molar-refractivity contribution is -0.129. The van der Waals surface area contributed by atoms with Gasteiger partial charge in [-0.3, -0.25) is 4.79 Å². The van der Waals surface area contributed by atoms with Crippen molar-refractivity contribution in [1.82, 2.24) is 10.2 Å². The van der Waals surface area contributed by atoms with Crippen LogP contribution in [0.15, 0.2) is 0 Å². The third-order valence-electron chi connectivity index (χ3n) is 2.80. The molecule has 0 spiro atoms. The van der Waals surface area contributed by atoms with Crippen LogP contribution in [0.4, 0.5) is 0 Å². The Morgan fingerprint density at radius 1 is 1.53 bits per heavy atom. The fraction of sp³-hybridized carbons (Fsp3) is 0.909. The second-order valence-electron chi connectivity index (χ2n) is 5.16. The van der Waals surface area contributed by atoms with Crippen molar-refractivity contribution >= 4 is 5.91 Å². The van der Waals surface area contributed by atoms with E-state index in [0.717, 1.165) is 12.8 Å². The van der Waals surface area contributed by atoms with Gasteiger partial charge in [0.2, 0.25) is 5.91 Å². The lowest BCUT2D eigenvalue weighted by Crippen LogP contribution is -2.40. The molecule has 0 atom stereocenters. The Balaban J connectivity index is 2.16. The summed E-state index contributed by atoms with van der Waals surface area (Å²) in [5.41, 5.74) is -0.154. The van der Waals surface area contributed by atoms with Gasteiger partial charge in [0.25, 0.3) is 0 Å². The van der Waals surface area contributed by atoms with Gasteiger partial charge in [-0.1, -0.05) is 13.8 Å². The number of hydrogen-bond acceptors (Lipinski definition) is 3. The Bertz CT molecular complexity index is 225. The minimum Gasteiger partial charge on any atom is -0.396 e. The molecule has 4 nitrogen and oxygen atoms in total. The lowest BCUT2D eigenvalue weighted by atomic mass is 9.95. The first-order chi connectivity index (χ1) is 6.96. The Morgan fingerprint density at radius 3 is 2.60 bits per heavy atom. The zero-order valence-corrected chi connectivity index (χ0v) is 9.92. The van der Waals surface area contributed by atoms with Crippen LogP contribution in [0.2, 0.25) is 0 Å². The summed E-state index contributed by atoms with van der Waals surface area (Å²) in [6.07, 6.45) is 2.29. The van der Waals surface area contributed by atoms with Gasteiger partial charge < -0.3 is 15.3 Å². The van der Waals surface area contributed by atoms with Crippen molar-refractivity contribution < 1.29 is 9.90 Å². The number of carbonyl (C=O) groups excluding carboxylic acids is 1. The van der Waals surface area contributed by atoms with E-state index in [9.17, 15) is 4.79 Å². The van der Waals surface area contributed by atoms with Crippen LogP contribution < -0.4 is 5.32 Å². The van der Waals surface area contributed by atoms with Crippen LogP contribution in [0.3, 0.4) is 0 Å². The molecular formula is C11H22N2O2. The fourth-order valence-corrected chi connectivity index (χ4v) is 1.35. The van der Waals surface area contributed by atoms with E-state index in [-0.39, 0.29) is 17.9 Å². The molecule has 88 valence electrons. The first-order valence-corrected chi connectivity index (χ1v) is 5.53. The molecule has 0 saturated heterocycles. The predicted molar refractivity (Wildman–Crippen MR) is 59.5 cm³/mol. The Hall–Kier alpha value is -0.610. The average Bonchev–Trinajstić information content (AvgIpc) is 2.99. The number of hydrogen-bond donors (Lipinski definition) is 2. The molecule has 0 heterocycles. The number of likely N-dealkylation sites (N-methyl/N-ethyl adjacent to an activating group) is 1.